The first-order valence-corrected chi connectivity index (χ1v) is 10.5. The Morgan fingerprint density at radius 1 is 1.07 bits per heavy atom. The Kier molecular flexibility index (Phi) is 6.67. The molecule has 7 heteroatoms. The summed E-state index contributed by atoms with van der Waals surface area (Å²) in [6, 6.07) is 14.9. The van der Waals surface area contributed by atoms with Crippen molar-refractivity contribution >= 4 is 11.6 Å². The lowest BCUT2D eigenvalue weighted by molar-refractivity contribution is 0.276. The lowest BCUT2D eigenvalue weighted by Crippen LogP contribution is -2.37. The van der Waals surface area contributed by atoms with Crippen LogP contribution in [0.5, 0.6) is 11.5 Å². The summed E-state index contributed by atoms with van der Waals surface area (Å²) in [5, 5.41) is 4.04. The van der Waals surface area contributed by atoms with Gasteiger partial charge in [0.05, 0.1) is 10.7 Å². The Labute approximate surface area is 180 Å². The maximum Gasteiger partial charge on any atom is 0.258 e. The number of pyridine rings is 2. The van der Waals surface area contributed by atoms with Gasteiger partial charge in [-0.3, -0.25) is 14.3 Å². The molecule has 30 heavy (non-hydrogen) atoms. The molecular formula is C23H24ClN3O3. The topological polar surface area (TPSA) is 65.4 Å². The fourth-order valence-electron chi connectivity index (χ4n) is 3.16. The Hall–Kier alpha value is -2.83. The summed E-state index contributed by atoms with van der Waals surface area (Å²) in [6.07, 6.45) is 7.13. The largest absolute Gasteiger partial charge is 0.492 e. The van der Waals surface area contributed by atoms with Crippen LogP contribution in [0.15, 0.2) is 65.7 Å². The smallest absolute Gasteiger partial charge is 0.258 e. The first kappa shape index (κ1) is 20.4. The number of rotatable bonds is 9. The van der Waals surface area contributed by atoms with Crippen molar-refractivity contribution in [1.82, 2.24) is 14.9 Å². The molecule has 1 aliphatic rings. The number of nitrogens with one attached hydrogen (secondary N) is 1. The van der Waals surface area contributed by atoms with Crippen LogP contribution in [0, 0.1) is 0 Å². The van der Waals surface area contributed by atoms with Crippen molar-refractivity contribution in [2.45, 2.75) is 31.9 Å². The zero-order valence-electron chi connectivity index (χ0n) is 16.6. The molecule has 0 saturated heterocycles. The minimum Gasteiger partial charge on any atom is -0.492 e. The van der Waals surface area contributed by atoms with Gasteiger partial charge in [-0.2, -0.15) is 0 Å². The molecule has 0 unspecified atom stereocenters. The number of benzene rings is 1. The number of hydrogen-bond acceptors (Lipinski definition) is 5. The van der Waals surface area contributed by atoms with Crippen LogP contribution in [-0.2, 0) is 6.61 Å². The average molecular weight is 426 g/mol. The van der Waals surface area contributed by atoms with E-state index in [0.717, 1.165) is 23.7 Å². The van der Waals surface area contributed by atoms with Crippen molar-refractivity contribution in [3.63, 3.8) is 0 Å². The van der Waals surface area contributed by atoms with Crippen LogP contribution in [0.2, 0.25) is 5.02 Å². The summed E-state index contributed by atoms with van der Waals surface area (Å²) in [5.74, 6) is 1.28. The molecule has 0 aliphatic heterocycles. The van der Waals surface area contributed by atoms with Crippen LogP contribution < -0.4 is 20.3 Å². The summed E-state index contributed by atoms with van der Waals surface area (Å²) < 4.78 is 13.0. The van der Waals surface area contributed by atoms with Gasteiger partial charge in [0, 0.05) is 36.7 Å². The lowest BCUT2D eigenvalue weighted by Gasteiger charge is -2.26. The van der Waals surface area contributed by atoms with Gasteiger partial charge in [0.25, 0.3) is 5.56 Å². The zero-order chi connectivity index (χ0) is 20.8. The normalized spacial score (nSPS) is 13.6. The Morgan fingerprint density at radius 3 is 2.57 bits per heavy atom. The lowest BCUT2D eigenvalue weighted by atomic mass is 9.93. The van der Waals surface area contributed by atoms with E-state index in [1.807, 2.05) is 24.3 Å². The van der Waals surface area contributed by atoms with Crippen LogP contribution in [0.25, 0.3) is 5.69 Å². The molecule has 1 saturated carbocycles. The second-order valence-corrected chi connectivity index (χ2v) is 7.69. The van der Waals surface area contributed by atoms with Crippen LogP contribution in [0.4, 0.5) is 0 Å². The molecule has 0 radical (unpaired) electrons. The molecule has 0 spiro atoms. The van der Waals surface area contributed by atoms with Crippen LogP contribution >= 0.6 is 11.6 Å². The van der Waals surface area contributed by atoms with Gasteiger partial charge >= 0.3 is 0 Å². The van der Waals surface area contributed by atoms with Gasteiger partial charge in [0.2, 0.25) is 0 Å². The van der Waals surface area contributed by atoms with E-state index in [1.165, 1.54) is 25.3 Å². The monoisotopic (exact) mass is 425 g/mol. The van der Waals surface area contributed by atoms with Crippen molar-refractivity contribution < 1.29 is 9.47 Å². The summed E-state index contributed by atoms with van der Waals surface area (Å²) >= 11 is 5.83. The number of ether oxygens (including phenoxy) is 2. The maximum absolute atomic E-state index is 12.5. The predicted molar refractivity (Wildman–Crippen MR) is 117 cm³/mol. The number of aromatic nitrogens is 2. The van der Waals surface area contributed by atoms with Gasteiger partial charge in [-0.15, -0.1) is 0 Å². The highest BCUT2D eigenvalue weighted by atomic mass is 35.5. The number of halogens is 1. The Balaban J connectivity index is 1.31. The second-order valence-electron chi connectivity index (χ2n) is 7.25. The van der Waals surface area contributed by atoms with Crippen molar-refractivity contribution in [2.24, 2.45) is 0 Å². The fraction of sp³-hybridized carbons (Fsp3) is 0.304. The molecule has 2 heterocycles. The first-order chi connectivity index (χ1) is 14.7. The van der Waals surface area contributed by atoms with Crippen molar-refractivity contribution in [2.75, 3.05) is 13.2 Å². The van der Waals surface area contributed by atoms with Crippen molar-refractivity contribution in [3.05, 3.63) is 82.0 Å². The van der Waals surface area contributed by atoms with E-state index in [1.54, 1.807) is 35.2 Å². The molecule has 0 amide bonds. The molecule has 156 valence electrons. The molecule has 2 aromatic heterocycles. The summed E-state index contributed by atoms with van der Waals surface area (Å²) in [5.41, 5.74) is 1.34. The Bertz CT molecular complexity index is 1020. The summed E-state index contributed by atoms with van der Waals surface area (Å²) in [6.45, 7) is 1.74. The van der Waals surface area contributed by atoms with Crippen LogP contribution in [0.3, 0.4) is 0 Å². The minimum absolute atomic E-state index is 0.171. The molecule has 3 aromatic rings. The molecular weight excluding hydrogens is 402 g/mol. The average Bonchev–Trinajstić information content (AvgIpc) is 2.73. The summed E-state index contributed by atoms with van der Waals surface area (Å²) in [7, 11) is 0. The predicted octanol–water partition coefficient (Wildman–Crippen LogP) is 3.99. The second kappa shape index (κ2) is 9.78. The van der Waals surface area contributed by atoms with E-state index in [4.69, 9.17) is 21.1 Å². The zero-order valence-corrected chi connectivity index (χ0v) is 17.3. The maximum atomic E-state index is 12.5. The fourth-order valence-corrected chi connectivity index (χ4v) is 3.27. The molecule has 1 fully saturated rings. The molecule has 4 rings (SSSR count). The van der Waals surface area contributed by atoms with E-state index in [2.05, 4.69) is 10.3 Å². The number of nitrogens with zero attached hydrogens (tertiary/aromatic N) is 2. The van der Waals surface area contributed by atoms with E-state index in [0.29, 0.717) is 23.4 Å². The van der Waals surface area contributed by atoms with Gasteiger partial charge in [-0.1, -0.05) is 18.0 Å². The van der Waals surface area contributed by atoms with E-state index in [-0.39, 0.29) is 12.2 Å². The molecule has 0 atom stereocenters. The summed E-state index contributed by atoms with van der Waals surface area (Å²) in [4.78, 5) is 16.7. The highest BCUT2D eigenvalue weighted by Gasteiger charge is 2.15. The van der Waals surface area contributed by atoms with Gasteiger partial charge in [0.1, 0.15) is 24.7 Å². The molecule has 0 bridgehead atoms. The third kappa shape index (κ3) is 5.40. The van der Waals surface area contributed by atoms with Gasteiger partial charge in [-0.05, 0) is 55.3 Å². The van der Waals surface area contributed by atoms with E-state index in [9.17, 15) is 4.79 Å². The van der Waals surface area contributed by atoms with Crippen molar-refractivity contribution in [1.29, 1.82) is 0 Å². The first-order valence-electron chi connectivity index (χ1n) is 10.1. The van der Waals surface area contributed by atoms with Crippen LogP contribution in [0.1, 0.15) is 25.0 Å². The molecule has 6 nitrogen and oxygen atoms in total. The van der Waals surface area contributed by atoms with E-state index >= 15 is 0 Å². The SMILES string of the molecule is O=c1cc(OCc2ccc(Cl)cn2)ccn1-c1ccc(OCCNC2CCC2)cc1. The third-order valence-corrected chi connectivity index (χ3v) is 5.31. The standard InChI is InChI=1S/C23H24ClN3O3/c24-17-4-5-19(26-15-17)16-30-22-10-12-27(23(28)14-22)20-6-8-21(9-7-20)29-13-11-25-18-2-1-3-18/h4-10,12,14-15,18,25H,1-3,11,13,16H2. The third-order valence-electron chi connectivity index (χ3n) is 5.09. The Morgan fingerprint density at radius 2 is 1.90 bits per heavy atom. The highest BCUT2D eigenvalue weighted by molar-refractivity contribution is 6.30. The number of hydrogen-bond donors (Lipinski definition) is 1. The highest BCUT2D eigenvalue weighted by Crippen LogP contribution is 2.18. The van der Waals surface area contributed by atoms with Crippen LogP contribution in [-0.4, -0.2) is 28.7 Å². The molecule has 1 aliphatic carbocycles. The van der Waals surface area contributed by atoms with Gasteiger partial charge in [-0.25, -0.2) is 0 Å². The molecule has 1 N–H and O–H groups in total. The molecule has 1 aromatic carbocycles. The minimum atomic E-state index is -0.171. The van der Waals surface area contributed by atoms with E-state index < -0.39 is 0 Å². The van der Waals surface area contributed by atoms with Gasteiger partial charge in [0.15, 0.2) is 0 Å². The van der Waals surface area contributed by atoms with Crippen molar-refractivity contribution in [3.8, 4) is 17.2 Å². The van der Waals surface area contributed by atoms with Gasteiger partial charge < -0.3 is 14.8 Å². The quantitative estimate of drug-likeness (QED) is 0.525.